The summed E-state index contributed by atoms with van der Waals surface area (Å²) in [6, 6.07) is 8.95. The predicted octanol–water partition coefficient (Wildman–Crippen LogP) is 5.11. The molecule has 212 valence electrons. The van der Waals surface area contributed by atoms with E-state index in [4.69, 9.17) is 18.9 Å². The summed E-state index contributed by atoms with van der Waals surface area (Å²) in [7, 11) is 2.96. The molecule has 1 aliphatic rings. The zero-order valence-corrected chi connectivity index (χ0v) is 22.9. The number of aryl methyl sites for hydroxylation is 1. The molecule has 8 nitrogen and oxygen atoms in total. The Morgan fingerprint density at radius 3 is 2.18 bits per heavy atom. The highest BCUT2D eigenvalue weighted by molar-refractivity contribution is 5.52. The van der Waals surface area contributed by atoms with Gasteiger partial charge < -0.3 is 39.4 Å². The van der Waals surface area contributed by atoms with Crippen molar-refractivity contribution in [3.8, 4) is 28.7 Å². The molecule has 0 bridgehead atoms. The van der Waals surface area contributed by atoms with Gasteiger partial charge in [0, 0.05) is 0 Å². The van der Waals surface area contributed by atoms with Crippen LogP contribution in [0.15, 0.2) is 30.3 Å². The van der Waals surface area contributed by atoms with Crippen molar-refractivity contribution in [2.24, 2.45) is 5.92 Å². The Kier molecular flexibility index (Phi) is 11.8. The quantitative estimate of drug-likeness (QED) is 0.234. The minimum Gasteiger partial charge on any atom is -0.504 e. The van der Waals surface area contributed by atoms with Gasteiger partial charge in [0.25, 0.3) is 0 Å². The minimum absolute atomic E-state index is 0.0528. The first-order chi connectivity index (χ1) is 18.4. The summed E-state index contributed by atoms with van der Waals surface area (Å²) in [5.41, 5.74) is 1.89. The number of methoxy groups -OCH3 is 2. The van der Waals surface area contributed by atoms with Gasteiger partial charge in [0.2, 0.25) is 5.75 Å². The standard InChI is InChI=1S/C30H44O8/c1-4-22(14-20-11-13-25(33)27(15-20)38-24-8-6-5-7-9-24)26(37-19-31)18-23(32)12-10-21-16-28(35-2)30(34)29(17-21)36-3/h11,13,15-17,22-24,26,31-34H,4-10,12,14,18-19H2,1-3H3. The lowest BCUT2D eigenvalue weighted by Crippen LogP contribution is -2.30. The van der Waals surface area contributed by atoms with Gasteiger partial charge in [0.1, 0.15) is 6.79 Å². The van der Waals surface area contributed by atoms with E-state index in [-0.39, 0.29) is 29.6 Å². The third-order valence-corrected chi connectivity index (χ3v) is 7.52. The Morgan fingerprint density at radius 2 is 1.58 bits per heavy atom. The van der Waals surface area contributed by atoms with Gasteiger partial charge in [0.15, 0.2) is 23.0 Å². The van der Waals surface area contributed by atoms with E-state index < -0.39 is 12.9 Å². The maximum atomic E-state index is 10.9. The summed E-state index contributed by atoms with van der Waals surface area (Å²) in [6.45, 7) is 1.64. The van der Waals surface area contributed by atoms with E-state index in [9.17, 15) is 20.4 Å². The average Bonchev–Trinajstić information content (AvgIpc) is 2.93. The molecule has 3 atom stereocenters. The number of ether oxygens (including phenoxy) is 4. The van der Waals surface area contributed by atoms with Crippen molar-refractivity contribution in [1.82, 2.24) is 0 Å². The van der Waals surface area contributed by atoms with Crippen LogP contribution in [-0.4, -0.2) is 59.8 Å². The number of benzene rings is 2. The number of aliphatic hydroxyl groups excluding tert-OH is 2. The number of phenolic OH excluding ortho intramolecular Hbond substituents is 2. The molecule has 0 aliphatic heterocycles. The molecule has 0 amide bonds. The Labute approximate surface area is 226 Å². The molecule has 1 aliphatic carbocycles. The molecular weight excluding hydrogens is 488 g/mol. The third-order valence-electron chi connectivity index (χ3n) is 7.52. The van der Waals surface area contributed by atoms with Crippen LogP contribution in [0.25, 0.3) is 0 Å². The maximum Gasteiger partial charge on any atom is 0.200 e. The van der Waals surface area contributed by atoms with Gasteiger partial charge in [-0.15, -0.1) is 0 Å². The largest absolute Gasteiger partial charge is 0.504 e. The Morgan fingerprint density at radius 1 is 0.921 bits per heavy atom. The zero-order chi connectivity index (χ0) is 27.5. The topological polar surface area (TPSA) is 118 Å². The van der Waals surface area contributed by atoms with Crippen molar-refractivity contribution >= 4 is 0 Å². The first kappa shape index (κ1) is 29.9. The molecule has 3 rings (SSSR count). The highest BCUT2D eigenvalue weighted by Gasteiger charge is 2.25. The van der Waals surface area contributed by atoms with Gasteiger partial charge in [-0.05, 0) is 92.7 Å². The van der Waals surface area contributed by atoms with Crippen LogP contribution in [0.1, 0.15) is 69.4 Å². The molecule has 38 heavy (non-hydrogen) atoms. The number of aliphatic hydroxyl groups is 2. The van der Waals surface area contributed by atoms with Crippen LogP contribution < -0.4 is 14.2 Å². The van der Waals surface area contributed by atoms with E-state index >= 15 is 0 Å². The highest BCUT2D eigenvalue weighted by atomic mass is 16.6. The lowest BCUT2D eigenvalue weighted by atomic mass is 9.87. The summed E-state index contributed by atoms with van der Waals surface area (Å²) >= 11 is 0. The summed E-state index contributed by atoms with van der Waals surface area (Å²) in [6.07, 6.45) is 7.55. The summed E-state index contributed by atoms with van der Waals surface area (Å²) in [4.78, 5) is 0. The van der Waals surface area contributed by atoms with Gasteiger partial charge in [-0.1, -0.05) is 25.8 Å². The van der Waals surface area contributed by atoms with Crippen molar-refractivity contribution in [3.05, 3.63) is 41.5 Å². The molecular formula is C30H44O8. The molecule has 0 saturated heterocycles. The van der Waals surface area contributed by atoms with E-state index in [1.807, 2.05) is 12.1 Å². The van der Waals surface area contributed by atoms with Crippen LogP contribution >= 0.6 is 0 Å². The number of hydrogen-bond acceptors (Lipinski definition) is 8. The van der Waals surface area contributed by atoms with Crippen LogP contribution in [0.2, 0.25) is 0 Å². The predicted molar refractivity (Wildman–Crippen MR) is 145 cm³/mol. The summed E-state index contributed by atoms with van der Waals surface area (Å²) in [5.74, 6) is 1.31. The Bertz CT molecular complexity index is 963. The molecule has 0 aromatic heterocycles. The van der Waals surface area contributed by atoms with Crippen LogP contribution in [0.3, 0.4) is 0 Å². The van der Waals surface area contributed by atoms with Crippen LogP contribution in [0, 0.1) is 5.92 Å². The molecule has 3 unspecified atom stereocenters. The zero-order valence-electron chi connectivity index (χ0n) is 22.9. The van der Waals surface area contributed by atoms with Crippen molar-refractivity contribution in [2.45, 2.75) is 89.4 Å². The van der Waals surface area contributed by atoms with Gasteiger partial charge in [0.05, 0.1) is 32.5 Å². The molecule has 1 fully saturated rings. The maximum absolute atomic E-state index is 10.9. The van der Waals surface area contributed by atoms with E-state index in [0.717, 1.165) is 43.2 Å². The van der Waals surface area contributed by atoms with E-state index in [2.05, 4.69) is 6.92 Å². The minimum atomic E-state index is -0.656. The van der Waals surface area contributed by atoms with Gasteiger partial charge >= 0.3 is 0 Å². The number of hydrogen-bond donors (Lipinski definition) is 4. The first-order valence-corrected chi connectivity index (χ1v) is 13.7. The Hall–Kier alpha value is -2.68. The third kappa shape index (κ3) is 8.41. The molecule has 4 N–H and O–H groups in total. The van der Waals surface area contributed by atoms with Crippen molar-refractivity contribution in [1.29, 1.82) is 0 Å². The SMILES string of the molecule is CCC(Cc1ccc(O)c(OC2CCCCC2)c1)C(CC(O)CCc1cc(OC)c(O)c(OC)c1)OCO. The Balaban J connectivity index is 1.63. The lowest BCUT2D eigenvalue weighted by Gasteiger charge is -2.28. The molecule has 8 heteroatoms. The van der Waals surface area contributed by atoms with Crippen molar-refractivity contribution in [3.63, 3.8) is 0 Å². The second kappa shape index (κ2) is 15.0. The van der Waals surface area contributed by atoms with Crippen LogP contribution in [0.5, 0.6) is 28.7 Å². The second-order valence-corrected chi connectivity index (χ2v) is 10.2. The average molecular weight is 533 g/mol. The van der Waals surface area contributed by atoms with Crippen LogP contribution in [0.4, 0.5) is 0 Å². The van der Waals surface area contributed by atoms with Crippen molar-refractivity contribution in [2.75, 3.05) is 21.0 Å². The highest BCUT2D eigenvalue weighted by Crippen LogP contribution is 2.38. The first-order valence-electron chi connectivity index (χ1n) is 13.7. The van der Waals surface area contributed by atoms with Crippen molar-refractivity contribution < 1.29 is 39.4 Å². The number of aromatic hydroxyl groups is 2. The fourth-order valence-corrected chi connectivity index (χ4v) is 5.29. The summed E-state index contributed by atoms with van der Waals surface area (Å²) in [5, 5.41) is 40.9. The molecule has 2 aromatic carbocycles. The van der Waals surface area contributed by atoms with E-state index in [0.29, 0.717) is 42.9 Å². The molecule has 0 radical (unpaired) electrons. The lowest BCUT2D eigenvalue weighted by molar-refractivity contribution is -0.0897. The molecule has 2 aromatic rings. The summed E-state index contributed by atoms with van der Waals surface area (Å²) < 4.78 is 22.3. The van der Waals surface area contributed by atoms with Gasteiger partial charge in [-0.25, -0.2) is 0 Å². The monoisotopic (exact) mass is 532 g/mol. The van der Waals surface area contributed by atoms with Gasteiger partial charge in [-0.2, -0.15) is 0 Å². The van der Waals surface area contributed by atoms with Gasteiger partial charge in [-0.3, -0.25) is 0 Å². The van der Waals surface area contributed by atoms with E-state index in [1.54, 1.807) is 18.2 Å². The molecule has 1 saturated carbocycles. The molecule has 0 spiro atoms. The normalized spacial score (nSPS) is 16.6. The molecule has 0 heterocycles. The smallest absolute Gasteiger partial charge is 0.200 e. The number of rotatable bonds is 15. The number of phenols is 2. The van der Waals surface area contributed by atoms with E-state index in [1.165, 1.54) is 20.6 Å². The van der Waals surface area contributed by atoms with Crippen LogP contribution in [-0.2, 0) is 17.6 Å². The fourth-order valence-electron chi connectivity index (χ4n) is 5.29. The fraction of sp³-hybridized carbons (Fsp3) is 0.600. The second-order valence-electron chi connectivity index (χ2n) is 10.2.